The first-order valence-electron chi connectivity index (χ1n) is 8.33. The largest absolute Gasteiger partial charge is 0.378 e. The van der Waals surface area contributed by atoms with Gasteiger partial charge in [0.2, 0.25) is 0 Å². The average Bonchev–Trinajstić information content (AvgIpc) is 3.09. The number of pyridine rings is 1. The third kappa shape index (κ3) is 4.76. The standard InChI is InChI=1S/C16H18Cl3N5O3/c17-12-2-1-11(9-21-12)10-23-4-3-20-16(23)14(24(25)26)13(15(18)19)22-5-7-27-8-6-22/h1-2,9,20H,3-8,10H2/b16-14+. The fraction of sp³-hybridized carbons (Fsp3) is 0.438. The first kappa shape index (κ1) is 20.0. The first-order chi connectivity index (χ1) is 13.0. The highest BCUT2D eigenvalue weighted by atomic mass is 35.5. The Morgan fingerprint density at radius 2 is 2.04 bits per heavy atom. The molecule has 1 aromatic rings. The predicted molar refractivity (Wildman–Crippen MR) is 103 cm³/mol. The molecule has 0 unspecified atom stereocenters. The highest BCUT2D eigenvalue weighted by Gasteiger charge is 2.36. The monoisotopic (exact) mass is 433 g/mol. The van der Waals surface area contributed by atoms with E-state index in [9.17, 15) is 10.1 Å². The van der Waals surface area contributed by atoms with Gasteiger partial charge in [0.1, 0.15) is 9.64 Å². The molecule has 0 aliphatic carbocycles. The van der Waals surface area contributed by atoms with E-state index in [1.807, 2.05) is 11.0 Å². The van der Waals surface area contributed by atoms with Crippen molar-refractivity contribution in [2.45, 2.75) is 6.54 Å². The molecular weight excluding hydrogens is 417 g/mol. The third-order valence-corrected chi connectivity index (χ3v) is 4.87. The molecule has 27 heavy (non-hydrogen) atoms. The lowest BCUT2D eigenvalue weighted by atomic mass is 10.2. The van der Waals surface area contributed by atoms with Crippen LogP contribution in [-0.2, 0) is 11.3 Å². The number of hydrogen-bond donors (Lipinski definition) is 1. The molecule has 0 radical (unpaired) electrons. The predicted octanol–water partition coefficient (Wildman–Crippen LogP) is 2.56. The van der Waals surface area contributed by atoms with E-state index in [-0.39, 0.29) is 15.9 Å². The van der Waals surface area contributed by atoms with Crippen LogP contribution in [0.15, 0.2) is 40.0 Å². The minimum Gasteiger partial charge on any atom is -0.378 e. The van der Waals surface area contributed by atoms with Gasteiger partial charge in [-0.15, -0.1) is 0 Å². The normalized spacial score (nSPS) is 18.9. The lowest BCUT2D eigenvalue weighted by Gasteiger charge is -2.30. The van der Waals surface area contributed by atoms with Crippen LogP contribution >= 0.6 is 34.8 Å². The number of nitrogens with zero attached hydrogens (tertiary/aromatic N) is 4. The van der Waals surface area contributed by atoms with Gasteiger partial charge in [0.05, 0.1) is 18.1 Å². The van der Waals surface area contributed by atoms with E-state index in [4.69, 9.17) is 39.5 Å². The van der Waals surface area contributed by atoms with Crippen LogP contribution < -0.4 is 5.32 Å². The summed E-state index contributed by atoms with van der Waals surface area (Å²) in [5.41, 5.74) is 0.948. The Bertz CT molecular complexity index is 759. The summed E-state index contributed by atoms with van der Waals surface area (Å²) in [5, 5.41) is 15.5. The summed E-state index contributed by atoms with van der Waals surface area (Å²) in [7, 11) is 0. The Balaban J connectivity index is 1.96. The Labute approximate surface area is 171 Å². The second kappa shape index (κ2) is 8.97. The Morgan fingerprint density at radius 1 is 1.30 bits per heavy atom. The molecule has 2 saturated heterocycles. The summed E-state index contributed by atoms with van der Waals surface area (Å²) in [5.74, 6) is 0.384. The van der Waals surface area contributed by atoms with Gasteiger partial charge >= 0.3 is 5.70 Å². The van der Waals surface area contributed by atoms with E-state index in [0.717, 1.165) is 5.56 Å². The number of ether oxygens (including phenoxy) is 1. The van der Waals surface area contributed by atoms with Gasteiger partial charge in [0.15, 0.2) is 11.5 Å². The number of halogens is 3. The highest BCUT2D eigenvalue weighted by molar-refractivity contribution is 6.56. The lowest BCUT2D eigenvalue weighted by molar-refractivity contribution is -0.425. The molecule has 8 nitrogen and oxygen atoms in total. The molecule has 2 fully saturated rings. The van der Waals surface area contributed by atoms with Crippen LogP contribution in [0.25, 0.3) is 0 Å². The number of aromatic nitrogens is 1. The quantitative estimate of drug-likeness (QED) is 0.433. The van der Waals surface area contributed by atoms with Gasteiger partial charge in [0, 0.05) is 38.9 Å². The van der Waals surface area contributed by atoms with Crippen LogP contribution in [-0.4, -0.2) is 59.1 Å². The van der Waals surface area contributed by atoms with E-state index < -0.39 is 4.92 Å². The zero-order chi connectivity index (χ0) is 19.4. The van der Waals surface area contributed by atoms with Crippen molar-refractivity contribution in [2.24, 2.45) is 0 Å². The molecule has 146 valence electrons. The van der Waals surface area contributed by atoms with Crippen molar-refractivity contribution in [3.8, 4) is 0 Å². The molecule has 3 rings (SSSR count). The Morgan fingerprint density at radius 3 is 2.63 bits per heavy atom. The van der Waals surface area contributed by atoms with Crippen LogP contribution in [0.3, 0.4) is 0 Å². The van der Waals surface area contributed by atoms with Crippen LogP contribution in [0, 0.1) is 10.1 Å². The van der Waals surface area contributed by atoms with Crippen LogP contribution in [0.1, 0.15) is 5.56 Å². The van der Waals surface area contributed by atoms with Crippen LogP contribution in [0.2, 0.25) is 5.15 Å². The molecule has 11 heteroatoms. The van der Waals surface area contributed by atoms with Crippen LogP contribution in [0.4, 0.5) is 0 Å². The lowest BCUT2D eigenvalue weighted by Crippen LogP contribution is -2.38. The summed E-state index contributed by atoms with van der Waals surface area (Å²) in [6.45, 7) is 3.49. The van der Waals surface area contributed by atoms with E-state index in [0.29, 0.717) is 56.9 Å². The summed E-state index contributed by atoms with van der Waals surface area (Å²) in [6.07, 6.45) is 1.65. The van der Waals surface area contributed by atoms with Gasteiger partial charge in [-0.05, 0) is 11.6 Å². The maximum Gasteiger partial charge on any atom is 0.334 e. The first-order valence-corrected chi connectivity index (χ1v) is 9.47. The van der Waals surface area contributed by atoms with E-state index >= 15 is 0 Å². The summed E-state index contributed by atoms with van der Waals surface area (Å²) >= 11 is 18.0. The van der Waals surface area contributed by atoms with Gasteiger partial charge in [0.25, 0.3) is 0 Å². The minimum atomic E-state index is -0.448. The fourth-order valence-corrected chi connectivity index (χ4v) is 3.61. The van der Waals surface area contributed by atoms with Crippen molar-refractivity contribution < 1.29 is 9.66 Å². The van der Waals surface area contributed by atoms with Crippen molar-refractivity contribution >= 4 is 34.8 Å². The van der Waals surface area contributed by atoms with Crippen molar-refractivity contribution in [3.63, 3.8) is 0 Å². The number of morpholine rings is 1. The molecule has 2 aliphatic rings. The Kier molecular flexibility index (Phi) is 6.64. The molecule has 1 N–H and O–H groups in total. The molecule has 0 saturated carbocycles. The Hall–Kier alpha value is -1.74. The van der Waals surface area contributed by atoms with Crippen LogP contribution in [0.5, 0.6) is 0 Å². The van der Waals surface area contributed by atoms with Crippen molar-refractivity contribution in [1.82, 2.24) is 20.1 Å². The second-order valence-electron chi connectivity index (χ2n) is 6.00. The molecule has 1 aromatic heterocycles. The van der Waals surface area contributed by atoms with E-state index in [1.165, 1.54) is 0 Å². The van der Waals surface area contributed by atoms with Gasteiger partial charge in [-0.1, -0.05) is 40.9 Å². The van der Waals surface area contributed by atoms with Crippen molar-refractivity contribution in [3.05, 3.63) is 60.9 Å². The number of hydrogen-bond acceptors (Lipinski definition) is 7. The molecule has 0 aromatic carbocycles. The number of nitrogens with one attached hydrogen (secondary N) is 1. The maximum atomic E-state index is 12.0. The molecule has 0 amide bonds. The zero-order valence-corrected chi connectivity index (χ0v) is 16.6. The molecular formula is C16H18Cl3N5O3. The van der Waals surface area contributed by atoms with E-state index in [2.05, 4.69) is 10.3 Å². The number of nitro groups is 1. The molecule has 0 spiro atoms. The number of rotatable bonds is 5. The topological polar surface area (TPSA) is 83.8 Å². The van der Waals surface area contributed by atoms with Gasteiger partial charge < -0.3 is 19.9 Å². The van der Waals surface area contributed by atoms with Gasteiger partial charge in [-0.2, -0.15) is 0 Å². The highest BCUT2D eigenvalue weighted by Crippen LogP contribution is 2.30. The maximum absolute atomic E-state index is 12.0. The smallest absolute Gasteiger partial charge is 0.334 e. The summed E-state index contributed by atoms with van der Waals surface area (Å²) in [6, 6.07) is 3.53. The summed E-state index contributed by atoms with van der Waals surface area (Å²) in [4.78, 5) is 19.2. The molecule has 3 heterocycles. The molecule has 0 bridgehead atoms. The average molecular weight is 435 g/mol. The third-order valence-electron chi connectivity index (χ3n) is 4.29. The van der Waals surface area contributed by atoms with Crippen molar-refractivity contribution in [2.75, 3.05) is 39.4 Å². The van der Waals surface area contributed by atoms with Gasteiger partial charge in [-0.25, -0.2) is 4.98 Å². The minimum absolute atomic E-state index is 0.141. The fourth-order valence-electron chi connectivity index (χ4n) is 3.08. The SMILES string of the molecule is O=[N+]([O-])/C(C(=C(Cl)Cl)N1CCOCC1)=C1\NCCN1Cc1ccc(Cl)nc1. The molecule has 0 atom stereocenters. The zero-order valence-electron chi connectivity index (χ0n) is 14.3. The molecule has 2 aliphatic heterocycles. The second-order valence-corrected chi connectivity index (χ2v) is 7.34. The summed E-state index contributed by atoms with van der Waals surface area (Å²) < 4.78 is 5.18. The van der Waals surface area contributed by atoms with Gasteiger partial charge in [-0.3, -0.25) is 10.1 Å². The van der Waals surface area contributed by atoms with E-state index in [1.54, 1.807) is 17.2 Å². The van der Waals surface area contributed by atoms with Crippen molar-refractivity contribution in [1.29, 1.82) is 0 Å².